The lowest BCUT2D eigenvalue weighted by molar-refractivity contribution is 0.0668. The molecule has 0 spiro atoms. The second-order valence-electron chi connectivity index (χ2n) is 8.50. The summed E-state index contributed by atoms with van der Waals surface area (Å²) in [6.45, 7) is 2.76. The second kappa shape index (κ2) is 9.53. The van der Waals surface area contributed by atoms with Crippen molar-refractivity contribution in [2.45, 2.75) is 16.2 Å². The quantitative estimate of drug-likeness (QED) is 0.489. The fourth-order valence-electron chi connectivity index (χ4n) is 4.24. The van der Waals surface area contributed by atoms with Crippen LogP contribution in [0.1, 0.15) is 22.5 Å². The molecule has 0 bridgehead atoms. The first-order valence-electron chi connectivity index (χ1n) is 11.1. The number of ether oxygens (including phenoxy) is 2. The van der Waals surface area contributed by atoms with Crippen LogP contribution in [0.2, 0.25) is 0 Å². The number of phenols is 2. The van der Waals surface area contributed by atoms with Crippen molar-refractivity contribution in [1.29, 1.82) is 0 Å². The van der Waals surface area contributed by atoms with E-state index in [1.54, 1.807) is 42.1 Å². The first-order valence-corrected chi connectivity index (χ1v) is 11.9. The molecule has 1 saturated heterocycles. The smallest absolute Gasteiger partial charge is 0.140 e. The predicted octanol–water partition coefficient (Wildman–Crippen LogP) is 5.35. The number of alkyl halides is 1. The van der Waals surface area contributed by atoms with Crippen LogP contribution in [0.25, 0.3) is 0 Å². The predicted molar refractivity (Wildman–Crippen MR) is 126 cm³/mol. The van der Waals surface area contributed by atoms with Crippen molar-refractivity contribution in [3.63, 3.8) is 0 Å². The normalized spacial score (nSPS) is 20.5. The zero-order valence-corrected chi connectivity index (χ0v) is 18.9. The topological polar surface area (TPSA) is 62.2 Å². The molecule has 7 heteroatoms. The van der Waals surface area contributed by atoms with Gasteiger partial charge in [-0.3, -0.25) is 9.29 Å². The van der Waals surface area contributed by atoms with E-state index >= 15 is 0 Å². The highest BCUT2D eigenvalue weighted by molar-refractivity contribution is 7.99. The number of hydrogen-bond acceptors (Lipinski definition) is 6. The van der Waals surface area contributed by atoms with Gasteiger partial charge in [-0.1, -0.05) is 24.3 Å². The van der Waals surface area contributed by atoms with Crippen LogP contribution in [-0.4, -0.2) is 48.0 Å². The number of nitrogens with zero attached hydrogens (tertiary/aromatic N) is 1. The van der Waals surface area contributed by atoms with Crippen LogP contribution in [0, 0.1) is 5.92 Å². The SMILES string of the molecule is Oc1ccc(C2Sc3cc(O)ccc3OC2c2ccc(OCCN3CC(CF)C3)cc2)cc1. The minimum atomic E-state index is -0.246. The van der Waals surface area contributed by atoms with E-state index < -0.39 is 0 Å². The Morgan fingerprint density at radius 1 is 0.939 bits per heavy atom. The minimum absolute atomic E-state index is 0.0541. The molecule has 2 unspecified atom stereocenters. The summed E-state index contributed by atoms with van der Waals surface area (Å²) >= 11 is 1.64. The molecule has 2 heterocycles. The molecule has 3 aromatic carbocycles. The first kappa shape index (κ1) is 21.9. The van der Waals surface area contributed by atoms with Crippen molar-refractivity contribution in [2.24, 2.45) is 5.92 Å². The molecule has 5 rings (SSSR count). The summed E-state index contributed by atoms with van der Waals surface area (Å²) in [6, 6.07) is 20.2. The van der Waals surface area contributed by atoms with Gasteiger partial charge in [0.15, 0.2) is 0 Å². The van der Waals surface area contributed by atoms with Crippen LogP contribution in [0.5, 0.6) is 23.0 Å². The number of halogens is 1. The lowest BCUT2D eigenvalue weighted by Gasteiger charge is -2.37. The van der Waals surface area contributed by atoms with Crippen LogP contribution in [-0.2, 0) is 0 Å². The first-order chi connectivity index (χ1) is 16.1. The molecule has 5 nitrogen and oxygen atoms in total. The van der Waals surface area contributed by atoms with Gasteiger partial charge in [0.1, 0.15) is 35.7 Å². The van der Waals surface area contributed by atoms with Crippen molar-refractivity contribution in [3.05, 3.63) is 77.9 Å². The van der Waals surface area contributed by atoms with Crippen molar-refractivity contribution in [2.75, 3.05) is 32.9 Å². The monoisotopic (exact) mass is 467 g/mol. The molecule has 172 valence electrons. The van der Waals surface area contributed by atoms with Gasteiger partial charge < -0.3 is 19.7 Å². The number of rotatable bonds is 7. The summed E-state index contributed by atoms with van der Waals surface area (Å²) in [5.41, 5.74) is 2.04. The maximum absolute atomic E-state index is 12.6. The van der Waals surface area contributed by atoms with E-state index in [4.69, 9.17) is 9.47 Å². The van der Waals surface area contributed by atoms with Crippen molar-refractivity contribution in [3.8, 4) is 23.0 Å². The van der Waals surface area contributed by atoms with Crippen LogP contribution < -0.4 is 9.47 Å². The Kier molecular flexibility index (Phi) is 6.33. The van der Waals surface area contributed by atoms with E-state index in [0.29, 0.717) is 6.61 Å². The van der Waals surface area contributed by atoms with Gasteiger partial charge in [0.2, 0.25) is 0 Å². The Hall–Kier alpha value is -2.90. The molecule has 0 saturated carbocycles. The average Bonchev–Trinajstić information content (AvgIpc) is 2.80. The summed E-state index contributed by atoms with van der Waals surface area (Å²) in [5.74, 6) is 2.13. The highest BCUT2D eigenvalue weighted by Gasteiger charge is 2.33. The molecule has 1 fully saturated rings. The molecule has 3 aromatic rings. The van der Waals surface area contributed by atoms with Gasteiger partial charge in [0, 0.05) is 25.6 Å². The van der Waals surface area contributed by atoms with E-state index in [-0.39, 0.29) is 35.4 Å². The zero-order chi connectivity index (χ0) is 22.8. The summed E-state index contributed by atoms with van der Waals surface area (Å²) in [5, 5.41) is 19.6. The van der Waals surface area contributed by atoms with E-state index in [1.165, 1.54) is 0 Å². The number of hydrogen-bond donors (Lipinski definition) is 2. The van der Waals surface area contributed by atoms with Crippen molar-refractivity contribution >= 4 is 11.8 Å². The van der Waals surface area contributed by atoms with Crippen LogP contribution in [0.4, 0.5) is 4.39 Å². The molecular weight excluding hydrogens is 441 g/mol. The number of likely N-dealkylation sites (tertiary alicyclic amines) is 1. The van der Waals surface area contributed by atoms with Crippen LogP contribution >= 0.6 is 11.8 Å². The summed E-state index contributed by atoms with van der Waals surface area (Å²) < 4.78 is 24.8. The lowest BCUT2D eigenvalue weighted by Crippen LogP contribution is -2.49. The molecule has 2 aliphatic heterocycles. The Labute approximate surface area is 196 Å². The largest absolute Gasteiger partial charge is 0.508 e. The molecule has 33 heavy (non-hydrogen) atoms. The number of thioether (sulfide) groups is 1. The number of phenolic OH excluding ortho intramolecular Hbond substituents is 2. The molecule has 0 amide bonds. The number of benzene rings is 3. The molecule has 0 aliphatic carbocycles. The maximum atomic E-state index is 12.6. The van der Waals surface area contributed by atoms with Crippen molar-refractivity contribution in [1.82, 2.24) is 4.90 Å². The molecule has 0 aromatic heterocycles. The molecule has 2 atom stereocenters. The van der Waals surface area contributed by atoms with Gasteiger partial charge in [-0.25, -0.2) is 0 Å². The summed E-state index contributed by atoms with van der Waals surface area (Å²) in [4.78, 5) is 3.08. The lowest BCUT2D eigenvalue weighted by atomic mass is 10.00. The fraction of sp³-hybridized carbons (Fsp3) is 0.308. The molecular formula is C26H26FNO4S. The third-order valence-electron chi connectivity index (χ3n) is 6.07. The van der Waals surface area contributed by atoms with Gasteiger partial charge in [0.25, 0.3) is 0 Å². The van der Waals surface area contributed by atoms with Crippen molar-refractivity contribution < 1.29 is 24.1 Å². The van der Waals surface area contributed by atoms with Crippen LogP contribution in [0.3, 0.4) is 0 Å². The average molecular weight is 468 g/mol. The Bertz CT molecular complexity index is 1090. The third kappa shape index (κ3) is 4.89. The van der Waals surface area contributed by atoms with Gasteiger partial charge in [-0.05, 0) is 53.6 Å². The number of fused-ring (bicyclic) bond motifs is 1. The highest BCUT2D eigenvalue weighted by Crippen LogP contribution is 2.54. The Balaban J connectivity index is 1.31. The summed E-state index contributed by atoms with van der Waals surface area (Å²) in [6.07, 6.45) is -0.246. The Morgan fingerprint density at radius 3 is 2.36 bits per heavy atom. The van der Waals surface area contributed by atoms with Gasteiger partial charge in [-0.2, -0.15) is 0 Å². The van der Waals surface area contributed by atoms with E-state index in [2.05, 4.69) is 4.90 Å². The van der Waals surface area contributed by atoms with Gasteiger partial charge in [-0.15, -0.1) is 11.8 Å². The molecule has 2 aliphatic rings. The minimum Gasteiger partial charge on any atom is -0.508 e. The van der Waals surface area contributed by atoms with E-state index in [9.17, 15) is 14.6 Å². The zero-order valence-electron chi connectivity index (χ0n) is 18.1. The number of aromatic hydroxyl groups is 2. The fourth-order valence-corrected chi connectivity index (χ4v) is 5.56. The van der Waals surface area contributed by atoms with Gasteiger partial charge >= 0.3 is 0 Å². The highest BCUT2D eigenvalue weighted by atomic mass is 32.2. The molecule has 2 N–H and O–H groups in total. The van der Waals surface area contributed by atoms with E-state index in [0.717, 1.165) is 47.2 Å². The summed E-state index contributed by atoms with van der Waals surface area (Å²) in [7, 11) is 0. The third-order valence-corrected chi connectivity index (χ3v) is 7.41. The van der Waals surface area contributed by atoms with Gasteiger partial charge in [0.05, 0.1) is 16.8 Å². The maximum Gasteiger partial charge on any atom is 0.140 e. The van der Waals surface area contributed by atoms with Crippen LogP contribution in [0.15, 0.2) is 71.6 Å². The van der Waals surface area contributed by atoms with E-state index in [1.807, 2.05) is 36.4 Å². The Morgan fingerprint density at radius 2 is 1.64 bits per heavy atom. The molecule has 0 radical (unpaired) electrons. The second-order valence-corrected chi connectivity index (χ2v) is 9.68. The standard InChI is InChI=1S/C26H26FNO4S/c27-14-17-15-28(16-17)11-12-31-22-8-3-18(4-9-22)25-26(19-1-5-20(29)6-2-19)33-24-13-21(30)7-10-23(24)32-25/h1-10,13,17,25-26,29-30H,11-12,14-16H2.